The topological polar surface area (TPSA) is 55.1 Å². The van der Waals surface area contributed by atoms with E-state index < -0.39 is 0 Å². The number of halogens is 1. The van der Waals surface area contributed by atoms with Gasteiger partial charge in [0.05, 0.1) is 5.56 Å². The number of carbonyl (C=O) groups is 1. The predicted molar refractivity (Wildman–Crippen MR) is 78.5 cm³/mol. The van der Waals surface area contributed by atoms with Crippen LogP contribution in [0.3, 0.4) is 0 Å². The molecule has 0 spiro atoms. The summed E-state index contributed by atoms with van der Waals surface area (Å²) < 4.78 is 0.786. The average Bonchev–Trinajstić information content (AvgIpc) is 2.29. The predicted octanol–water partition coefficient (Wildman–Crippen LogP) is 2.90. The Labute approximate surface area is 115 Å². The maximum atomic E-state index is 12.0. The fourth-order valence-corrected chi connectivity index (χ4v) is 1.82. The summed E-state index contributed by atoms with van der Waals surface area (Å²) in [5.41, 5.74) is 6.83. The van der Waals surface area contributed by atoms with Crippen molar-refractivity contribution in [3.05, 3.63) is 28.2 Å². The van der Waals surface area contributed by atoms with E-state index in [0.717, 1.165) is 4.47 Å². The molecule has 17 heavy (non-hydrogen) atoms. The molecule has 0 aliphatic heterocycles. The number of amides is 1. The first-order valence-electron chi connectivity index (χ1n) is 5.24. The van der Waals surface area contributed by atoms with Gasteiger partial charge in [0.25, 0.3) is 5.91 Å². The van der Waals surface area contributed by atoms with E-state index in [9.17, 15) is 4.79 Å². The highest BCUT2D eigenvalue weighted by atomic mass is 79.9. The van der Waals surface area contributed by atoms with Gasteiger partial charge < -0.3 is 11.1 Å². The van der Waals surface area contributed by atoms with Gasteiger partial charge in [0.2, 0.25) is 0 Å². The second kappa shape index (κ2) is 5.78. The highest BCUT2D eigenvalue weighted by molar-refractivity contribution is 9.10. The van der Waals surface area contributed by atoms with Crippen LogP contribution in [-0.2, 0) is 0 Å². The monoisotopic (exact) mass is 316 g/mol. The first-order chi connectivity index (χ1) is 7.85. The molecule has 1 rings (SSSR count). The van der Waals surface area contributed by atoms with Crippen molar-refractivity contribution in [1.29, 1.82) is 0 Å². The molecule has 0 aliphatic rings. The van der Waals surface area contributed by atoms with Crippen molar-refractivity contribution in [1.82, 2.24) is 5.32 Å². The van der Waals surface area contributed by atoms with E-state index in [2.05, 4.69) is 35.1 Å². The molecule has 1 amide bonds. The molecule has 0 fully saturated rings. The molecular weight excluding hydrogens is 300 g/mol. The van der Waals surface area contributed by atoms with Crippen LogP contribution in [0.1, 0.15) is 24.2 Å². The molecule has 5 heteroatoms. The Hall–Kier alpha value is -0.680. The number of nitrogens with two attached hydrogens (primary N) is 1. The van der Waals surface area contributed by atoms with Crippen LogP contribution < -0.4 is 11.1 Å². The molecule has 3 N–H and O–H groups in total. The Morgan fingerprint density at radius 1 is 1.53 bits per heavy atom. The van der Waals surface area contributed by atoms with Gasteiger partial charge in [-0.25, -0.2) is 0 Å². The number of anilines is 1. The molecule has 0 bridgehead atoms. The quantitative estimate of drug-likeness (QED) is 0.840. The fraction of sp³-hybridized carbons (Fsp3) is 0.417. The van der Waals surface area contributed by atoms with E-state index in [1.807, 2.05) is 6.26 Å². The number of hydrogen-bond acceptors (Lipinski definition) is 3. The Morgan fingerprint density at radius 3 is 2.76 bits per heavy atom. The Kier molecular flexibility index (Phi) is 4.89. The van der Waals surface area contributed by atoms with Gasteiger partial charge in [-0.2, -0.15) is 11.8 Å². The molecule has 3 nitrogen and oxygen atoms in total. The number of carbonyl (C=O) groups excluding carboxylic acids is 1. The molecule has 0 unspecified atom stereocenters. The standard InChI is InChI=1S/C12H17BrN2OS/c1-12(2,17-3)7-15-11(16)9-6-8(14)4-5-10(9)13/h4-6H,7,14H2,1-3H3,(H,15,16). The van der Waals surface area contributed by atoms with Gasteiger partial charge in [-0.15, -0.1) is 0 Å². The average molecular weight is 317 g/mol. The van der Waals surface area contributed by atoms with Crippen LogP contribution in [0.4, 0.5) is 5.69 Å². The zero-order valence-electron chi connectivity index (χ0n) is 10.2. The highest BCUT2D eigenvalue weighted by Crippen LogP contribution is 2.22. The molecule has 0 radical (unpaired) electrons. The van der Waals surface area contributed by atoms with Crippen LogP contribution in [0.15, 0.2) is 22.7 Å². The van der Waals surface area contributed by atoms with E-state index in [1.54, 1.807) is 30.0 Å². The molecule has 0 heterocycles. The second-order valence-corrected chi connectivity index (χ2v) is 6.75. The van der Waals surface area contributed by atoms with Crippen molar-refractivity contribution < 1.29 is 4.79 Å². The van der Waals surface area contributed by atoms with Crippen LogP contribution in [0.5, 0.6) is 0 Å². The summed E-state index contributed by atoms with van der Waals surface area (Å²) >= 11 is 5.07. The summed E-state index contributed by atoms with van der Waals surface area (Å²) in [6.07, 6.45) is 2.03. The molecule has 0 atom stereocenters. The van der Waals surface area contributed by atoms with Crippen molar-refractivity contribution in [2.24, 2.45) is 0 Å². The fourth-order valence-electron chi connectivity index (χ4n) is 1.18. The number of hydrogen-bond donors (Lipinski definition) is 2. The van der Waals surface area contributed by atoms with Gasteiger partial charge in [0.15, 0.2) is 0 Å². The number of nitrogen functional groups attached to an aromatic ring is 1. The van der Waals surface area contributed by atoms with E-state index >= 15 is 0 Å². The van der Waals surface area contributed by atoms with Crippen molar-refractivity contribution in [2.75, 3.05) is 18.5 Å². The summed E-state index contributed by atoms with van der Waals surface area (Å²) in [6, 6.07) is 5.21. The number of rotatable bonds is 4. The first-order valence-corrected chi connectivity index (χ1v) is 7.26. The lowest BCUT2D eigenvalue weighted by atomic mass is 10.1. The zero-order chi connectivity index (χ0) is 13.1. The van der Waals surface area contributed by atoms with Crippen molar-refractivity contribution in [3.63, 3.8) is 0 Å². The molecule has 0 aromatic heterocycles. The molecule has 0 saturated carbocycles. The lowest BCUT2D eigenvalue weighted by Gasteiger charge is -2.22. The third-order valence-corrected chi connectivity index (χ3v) is 4.40. The minimum absolute atomic E-state index is 0.0302. The molecule has 0 aliphatic carbocycles. The van der Waals surface area contributed by atoms with Crippen LogP contribution in [0, 0.1) is 0 Å². The Bertz CT molecular complexity index is 421. The van der Waals surface area contributed by atoms with Crippen molar-refractivity contribution in [2.45, 2.75) is 18.6 Å². The van der Waals surface area contributed by atoms with Crippen LogP contribution >= 0.6 is 27.7 Å². The number of benzene rings is 1. The van der Waals surface area contributed by atoms with Crippen LogP contribution in [0.2, 0.25) is 0 Å². The minimum atomic E-state index is -0.105. The second-order valence-electron chi connectivity index (χ2n) is 4.39. The van der Waals surface area contributed by atoms with Gasteiger partial charge in [-0.05, 0) is 54.2 Å². The summed E-state index contributed by atoms with van der Waals surface area (Å²) in [7, 11) is 0. The maximum Gasteiger partial charge on any atom is 0.252 e. The SMILES string of the molecule is CSC(C)(C)CNC(=O)c1cc(N)ccc1Br. The summed E-state index contributed by atoms with van der Waals surface area (Å²) in [5, 5.41) is 2.91. The number of thioether (sulfide) groups is 1. The molecule has 1 aromatic carbocycles. The van der Waals surface area contributed by atoms with E-state index in [-0.39, 0.29) is 10.7 Å². The third-order valence-electron chi connectivity index (χ3n) is 2.46. The maximum absolute atomic E-state index is 12.0. The molecular formula is C12H17BrN2OS. The van der Waals surface area contributed by atoms with E-state index in [4.69, 9.17) is 5.73 Å². The van der Waals surface area contributed by atoms with Gasteiger partial charge in [-0.3, -0.25) is 4.79 Å². The van der Waals surface area contributed by atoms with Crippen LogP contribution in [-0.4, -0.2) is 23.5 Å². The molecule has 94 valence electrons. The largest absolute Gasteiger partial charge is 0.399 e. The lowest BCUT2D eigenvalue weighted by Crippen LogP contribution is -2.36. The molecule has 0 saturated heterocycles. The lowest BCUT2D eigenvalue weighted by molar-refractivity contribution is 0.0950. The van der Waals surface area contributed by atoms with Crippen LogP contribution in [0.25, 0.3) is 0 Å². The minimum Gasteiger partial charge on any atom is -0.399 e. The zero-order valence-corrected chi connectivity index (χ0v) is 12.6. The Balaban J connectivity index is 2.74. The number of nitrogens with one attached hydrogen (secondary N) is 1. The third kappa shape index (κ3) is 4.24. The van der Waals surface area contributed by atoms with Gasteiger partial charge in [-0.1, -0.05) is 0 Å². The van der Waals surface area contributed by atoms with Crippen molar-refractivity contribution in [3.8, 4) is 0 Å². The summed E-state index contributed by atoms with van der Waals surface area (Å²) in [6.45, 7) is 4.80. The Morgan fingerprint density at radius 2 is 2.18 bits per heavy atom. The molecule has 1 aromatic rings. The smallest absolute Gasteiger partial charge is 0.252 e. The van der Waals surface area contributed by atoms with Gasteiger partial charge in [0.1, 0.15) is 0 Å². The summed E-state index contributed by atoms with van der Waals surface area (Å²) in [5.74, 6) is -0.105. The van der Waals surface area contributed by atoms with Crippen molar-refractivity contribution >= 4 is 39.3 Å². The van der Waals surface area contributed by atoms with Gasteiger partial charge >= 0.3 is 0 Å². The summed E-state index contributed by atoms with van der Waals surface area (Å²) in [4.78, 5) is 12.0. The van der Waals surface area contributed by atoms with E-state index in [0.29, 0.717) is 17.8 Å². The van der Waals surface area contributed by atoms with Gasteiger partial charge in [0, 0.05) is 21.5 Å². The normalized spacial score (nSPS) is 11.3. The first kappa shape index (κ1) is 14.4. The van der Waals surface area contributed by atoms with E-state index in [1.165, 1.54) is 0 Å². The highest BCUT2D eigenvalue weighted by Gasteiger charge is 2.18.